The Kier molecular flexibility index (Phi) is 3.17. The Morgan fingerprint density at radius 3 is 1.87 bits per heavy atom. The van der Waals surface area contributed by atoms with Gasteiger partial charge in [0.15, 0.2) is 0 Å². The van der Waals surface area contributed by atoms with Crippen LogP contribution in [0.5, 0.6) is 0 Å². The van der Waals surface area contributed by atoms with Crippen LogP contribution in [0.15, 0.2) is 24.3 Å². The van der Waals surface area contributed by atoms with Crippen molar-refractivity contribution < 1.29 is 12.9 Å². The molecule has 84 valence electrons. The van der Waals surface area contributed by atoms with E-state index < -0.39 is 12.4 Å². The fourth-order valence-corrected chi connectivity index (χ4v) is 1.36. The van der Waals surface area contributed by atoms with Crippen LogP contribution >= 0.6 is 0 Å². The maximum atomic E-state index is 12.4. The van der Waals surface area contributed by atoms with Gasteiger partial charge in [0.1, 0.15) is 0 Å². The SMILES string of the molecule is CCC(C)(C)c1ccc([B-](F)(F)F)cc1. The summed E-state index contributed by atoms with van der Waals surface area (Å²) < 4.78 is 37.1. The second-order valence-corrected chi connectivity index (χ2v) is 4.43. The van der Waals surface area contributed by atoms with Crippen molar-refractivity contribution in [3.63, 3.8) is 0 Å². The standard InChI is InChI=1S/C11H15BF3/c1-4-11(2,3)9-5-7-10(8-6-9)12(13,14)15/h5-8H,4H2,1-3H3/q-1. The average Bonchev–Trinajstić information content (AvgIpc) is 2.17. The second kappa shape index (κ2) is 3.91. The van der Waals surface area contributed by atoms with Crippen molar-refractivity contribution in [1.29, 1.82) is 0 Å². The Bertz CT molecular complexity index is 325. The summed E-state index contributed by atoms with van der Waals surface area (Å²) in [6.45, 7) is 1.22. The van der Waals surface area contributed by atoms with E-state index in [-0.39, 0.29) is 5.41 Å². The maximum Gasteiger partial charge on any atom is 0.509 e. The number of hydrogen-bond donors (Lipinski definition) is 0. The lowest BCUT2D eigenvalue weighted by atomic mass is 9.76. The third kappa shape index (κ3) is 2.77. The summed E-state index contributed by atoms with van der Waals surface area (Å²) >= 11 is 0. The number of rotatable bonds is 3. The van der Waals surface area contributed by atoms with E-state index in [0.717, 1.165) is 12.0 Å². The molecule has 0 N–H and O–H groups in total. The average molecular weight is 215 g/mol. The molecule has 1 rings (SSSR count). The Morgan fingerprint density at radius 1 is 1.07 bits per heavy atom. The minimum atomic E-state index is -4.86. The molecule has 0 atom stereocenters. The normalized spacial score (nSPS) is 12.9. The van der Waals surface area contributed by atoms with E-state index in [2.05, 4.69) is 0 Å². The van der Waals surface area contributed by atoms with Crippen LogP contribution < -0.4 is 5.46 Å². The predicted octanol–water partition coefficient (Wildman–Crippen LogP) is 3.43. The molecule has 0 fully saturated rings. The van der Waals surface area contributed by atoms with E-state index in [1.165, 1.54) is 12.1 Å². The number of hydrogen-bond acceptors (Lipinski definition) is 0. The van der Waals surface area contributed by atoms with E-state index in [4.69, 9.17) is 0 Å². The highest BCUT2D eigenvalue weighted by atomic mass is 19.4. The van der Waals surface area contributed by atoms with Gasteiger partial charge >= 0.3 is 6.98 Å². The summed E-state index contributed by atoms with van der Waals surface area (Å²) in [7, 11) is 0. The molecule has 15 heavy (non-hydrogen) atoms. The Morgan fingerprint density at radius 2 is 1.53 bits per heavy atom. The monoisotopic (exact) mass is 215 g/mol. The quantitative estimate of drug-likeness (QED) is 0.677. The van der Waals surface area contributed by atoms with Crippen molar-refractivity contribution in [3.8, 4) is 0 Å². The summed E-state index contributed by atoms with van der Waals surface area (Å²) in [6, 6.07) is 5.50. The lowest BCUT2D eigenvalue weighted by molar-refractivity contribution is 0.498. The molecule has 0 aromatic heterocycles. The van der Waals surface area contributed by atoms with Crippen LogP contribution in [0.3, 0.4) is 0 Å². The molecule has 0 radical (unpaired) electrons. The van der Waals surface area contributed by atoms with Gasteiger partial charge in [0, 0.05) is 0 Å². The first-order valence-corrected chi connectivity index (χ1v) is 5.08. The first kappa shape index (κ1) is 12.1. The van der Waals surface area contributed by atoms with Gasteiger partial charge in [-0.15, -0.1) is 5.46 Å². The van der Waals surface area contributed by atoms with Gasteiger partial charge in [-0.3, -0.25) is 0 Å². The van der Waals surface area contributed by atoms with Crippen molar-refractivity contribution in [2.24, 2.45) is 0 Å². The van der Waals surface area contributed by atoms with E-state index in [1.807, 2.05) is 20.8 Å². The van der Waals surface area contributed by atoms with Crippen molar-refractivity contribution in [2.45, 2.75) is 32.6 Å². The summed E-state index contributed by atoms with van der Waals surface area (Å²) in [5.74, 6) is 0. The highest BCUT2D eigenvalue weighted by Gasteiger charge is 2.26. The van der Waals surface area contributed by atoms with Crippen molar-refractivity contribution in [3.05, 3.63) is 29.8 Å². The predicted molar refractivity (Wildman–Crippen MR) is 58.5 cm³/mol. The van der Waals surface area contributed by atoms with Crippen LogP contribution in [0.2, 0.25) is 0 Å². The second-order valence-electron chi connectivity index (χ2n) is 4.43. The van der Waals surface area contributed by atoms with Crippen LogP contribution in [-0.4, -0.2) is 6.98 Å². The van der Waals surface area contributed by atoms with E-state index >= 15 is 0 Å². The van der Waals surface area contributed by atoms with Gasteiger partial charge in [0.2, 0.25) is 0 Å². The van der Waals surface area contributed by atoms with Gasteiger partial charge in [0.05, 0.1) is 0 Å². The van der Waals surface area contributed by atoms with Gasteiger partial charge in [-0.05, 0) is 17.4 Å². The number of benzene rings is 1. The maximum absolute atomic E-state index is 12.4. The molecule has 0 spiro atoms. The molecule has 0 aliphatic heterocycles. The molecule has 0 amide bonds. The molecule has 4 heteroatoms. The highest BCUT2D eigenvalue weighted by Crippen LogP contribution is 2.26. The van der Waals surface area contributed by atoms with Gasteiger partial charge in [0.25, 0.3) is 0 Å². The Hall–Kier alpha value is -0.925. The van der Waals surface area contributed by atoms with Gasteiger partial charge < -0.3 is 12.9 Å². The minimum Gasteiger partial charge on any atom is -0.445 e. The summed E-state index contributed by atoms with van der Waals surface area (Å²) in [5, 5.41) is 0. The van der Waals surface area contributed by atoms with Gasteiger partial charge in [-0.25, -0.2) is 0 Å². The molecule has 0 saturated heterocycles. The third-order valence-electron chi connectivity index (χ3n) is 2.95. The van der Waals surface area contributed by atoms with Crippen molar-refractivity contribution in [2.75, 3.05) is 0 Å². The lowest BCUT2D eigenvalue weighted by Gasteiger charge is -2.24. The molecular weight excluding hydrogens is 200 g/mol. The first-order chi connectivity index (χ1) is 6.77. The van der Waals surface area contributed by atoms with Crippen LogP contribution in [0.1, 0.15) is 32.8 Å². The fraction of sp³-hybridized carbons (Fsp3) is 0.455. The van der Waals surface area contributed by atoms with E-state index in [0.29, 0.717) is 0 Å². The van der Waals surface area contributed by atoms with Crippen LogP contribution in [0, 0.1) is 0 Å². The van der Waals surface area contributed by atoms with E-state index in [1.54, 1.807) is 12.1 Å². The zero-order valence-electron chi connectivity index (χ0n) is 9.23. The summed E-state index contributed by atoms with van der Waals surface area (Å²) in [4.78, 5) is 0. The smallest absolute Gasteiger partial charge is 0.445 e. The fourth-order valence-electron chi connectivity index (χ4n) is 1.36. The van der Waals surface area contributed by atoms with Crippen molar-refractivity contribution in [1.82, 2.24) is 0 Å². The third-order valence-corrected chi connectivity index (χ3v) is 2.95. The molecule has 0 saturated carbocycles. The van der Waals surface area contributed by atoms with Crippen LogP contribution in [-0.2, 0) is 5.41 Å². The molecule has 1 aromatic carbocycles. The van der Waals surface area contributed by atoms with E-state index in [9.17, 15) is 12.9 Å². The lowest BCUT2D eigenvalue weighted by Crippen LogP contribution is -2.34. The molecule has 1 aromatic rings. The van der Waals surface area contributed by atoms with Gasteiger partial charge in [-0.1, -0.05) is 45.0 Å². The molecule has 0 nitrogen and oxygen atoms in total. The Labute approximate surface area is 88.6 Å². The number of halogens is 3. The molecule has 0 aliphatic carbocycles. The largest absolute Gasteiger partial charge is 0.509 e. The highest BCUT2D eigenvalue weighted by molar-refractivity contribution is 6.73. The zero-order valence-corrected chi connectivity index (χ0v) is 9.23. The topological polar surface area (TPSA) is 0 Å². The van der Waals surface area contributed by atoms with Gasteiger partial charge in [-0.2, -0.15) is 0 Å². The first-order valence-electron chi connectivity index (χ1n) is 5.08. The van der Waals surface area contributed by atoms with Crippen molar-refractivity contribution >= 4 is 12.4 Å². The minimum absolute atomic E-state index is 0.0584. The molecule has 0 aliphatic rings. The molecule has 0 unspecified atom stereocenters. The van der Waals surface area contributed by atoms with Crippen LogP contribution in [0.25, 0.3) is 0 Å². The zero-order chi connectivity index (χ0) is 11.7. The Balaban J connectivity index is 3.01. The summed E-state index contributed by atoms with van der Waals surface area (Å²) in [5.41, 5.74) is 0.372. The molecule has 0 heterocycles. The summed E-state index contributed by atoms with van der Waals surface area (Å²) in [6.07, 6.45) is 0.906. The van der Waals surface area contributed by atoms with Crippen LogP contribution in [0.4, 0.5) is 12.9 Å². The molecular formula is C11H15BF3-. The molecule has 0 bridgehead atoms.